The maximum atomic E-state index is 12.1. The van der Waals surface area contributed by atoms with Crippen molar-refractivity contribution in [3.05, 3.63) is 0 Å². The fourth-order valence-corrected chi connectivity index (χ4v) is 6.04. The number of rotatable bonds is 35. The van der Waals surface area contributed by atoms with Crippen molar-refractivity contribution in [3.8, 4) is 0 Å². The Labute approximate surface area is 274 Å². The molecule has 0 saturated carbocycles. The Bertz CT molecular complexity index is 564. The van der Waals surface area contributed by atoms with Crippen molar-refractivity contribution in [2.75, 3.05) is 13.1 Å². The van der Waals surface area contributed by atoms with Crippen LogP contribution in [0.15, 0.2) is 0 Å². The first-order valence-electron chi connectivity index (χ1n) is 19.5. The van der Waals surface area contributed by atoms with Gasteiger partial charge in [0.1, 0.15) is 0 Å². The number of amides is 2. The quantitative estimate of drug-likeness (QED) is 0.0527. The maximum Gasteiger partial charge on any atom is 0.220 e. The summed E-state index contributed by atoms with van der Waals surface area (Å²) in [5.74, 6) is 0.214. The van der Waals surface area contributed by atoms with E-state index < -0.39 is 0 Å². The van der Waals surface area contributed by atoms with Gasteiger partial charge >= 0.3 is 0 Å². The molecule has 0 fully saturated rings. The molecule has 0 aromatic heterocycles. The zero-order chi connectivity index (χ0) is 32.4. The van der Waals surface area contributed by atoms with Crippen LogP contribution < -0.4 is 22.1 Å². The number of carbonyl (C=O) groups excluding carboxylic acids is 2. The van der Waals surface area contributed by atoms with Crippen molar-refractivity contribution < 1.29 is 9.59 Å². The van der Waals surface area contributed by atoms with Crippen molar-refractivity contribution >= 4 is 11.8 Å². The Kier molecular flexibility index (Phi) is 33.8. The lowest BCUT2D eigenvalue weighted by atomic mass is 10.0. The van der Waals surface area contributed by atoms with Gasteiger partial charge in [0.25, 0.3) is 0 Å². The minimum atomic E-state index is 0.107. The largest absolute Gasteiger partial charge is 0.354 e. The molecule has 0 aromatic rings. The second-order valence-corrected chi connectivity index (χ2v) is 13.7. The van der Waals surface area contributed by atoms with Gasteiger partial charge in [-0.25, -0.2) is 0 Å². The summed E-state index contributed by atoms with van der Waals surface area (Å²) < 4.78 is 0. The summed E-state index contributed by atoms with van der Waals surface area (Å²) in [5, 5.41) is 5.89. The molecular weight excluding hydrogens is 544 g/mol. The van der Waals surface area contributed by atoms with E-state index in [0.29, 0.717) is 38.0 Å². The smallest absolute Gasteiger partial charge is 0.220 e. The maximum absolute atomic E-state index is 12.1. The molecule has 44 heavy (non-hydrogen) atoms. The van der Waals surface area contributed by atoms with Gasteiger partial charge in [-0.15, -0.1) is 0 Å². The van der Waals surface area contributed by atoms with Crippen LogP contribution in [-0.4, -0.2) is 37.0 Å². The highest BCUT2D eigenvalue weighted by molar-refractivity contribution is 5.77. The van der Waals surface area contributed by atoms with Gasteiger partial charge in [0, 0.05) is 38.0 Å². The Hall–Kier alpha value is -1.14. The predicted molar refractivity (Wildman–Crippen MR) is 192 cm³/mol. The molecule has 0 aromatic carbocycles. The van der Waals surface area contributed by atoms with Crippen LogP contribution >= 0.6 is 0 Å². The van der Waals surface area contributed by atoms with Crippen LogP contribution in [0.4, 0.5) is 0 Å². The van der Waals surface area contributed by atoms with E-state index in [0.717, 1.165) is 25.7 Å². The number of unbranched alkanes of at least 4 members (excludes halogenated alkanes) is 20. The van der Waals surface area contributed by atoms with Gasteiger partial charge in [0.15, 0.2) is 0 Å². The highest BCUT2D eigenvalue weighted by atomic mass is 16.2. The van der Waals surface area contributed by atoms with Crippen LogP contribution in [0.1, 0.15) is 206 Å². The molecule has 0 aliphatic carbocycles. The Morgan fingerprint density at radius 3 is 0.955 bits per heavy atom. The van der Waals surface area contributed by atoms with E-state index in [4.69, 9.17) is 11.5 Å². The third kappa shape index (κ3) is 33.7. The first kappa shape index (κ1) is 42.9. The Balaban J connectivity index is 3.35. The lowest BCUT2D eigenvalue weighted by molar-refractivity contribution is -0.123. The van der Waals surface area contributed by atoms with Crippen molar-refractivity contribution in [1.82, 2.24) is 10.6 Å². The summed E-state index contributed by atoms with van der Waals surface area (Å²) in [6, 6.07) is 0.805. The average molecular weight is 623 g/mol. The fourth-order valence-electron chi connectivity index (χ4n) is 6.04. The first-order valence-corrected chi connectivity index (χ1v) is 19.5. The van der Waals surface area contributed by atoms with Crippen LogP contribution in [0.2, 0.25) is 0 Å². The van der Waals surface area contributed by atoms with Crippen molar-refractivity contribution in [3.63, 3.8) is 0 Å². The normalized spacial score (nSPS) is 12.7. The van der Waals surface area contributed by atoms with Crippen LogP contribution in [0.5, 0.6) is 0 Å². The summed E-state index contributed by atoms with van der Waals surface area (Å²) in [5.41, 5.74) is 12.5. The molecule has 6 nitrogen and oxygen atoms in total. The predicted octanol–water partition coefficient (Wildman–Crippen LogP) is 9.62. The summed E-state index contributed by atoms with van der Waals surface area (Å²) in [7, 11) is 0. The molecule has 0 spiro atoms. The number of nitrogens with one attached hydrogen (secondary N) is 2. The SMILES string of the molecule is CCCCCCC(N)CCCCCCCCCCC(=O)NCCNC(=O)CCCCCCCCCCC(N)CCCCCC. The van der Waals surface area contributed by atoms with Gasteiger partial charge in [0.05, 0.1) is 0 Å². The summed E-state index contributed by atoms with van der Waals surface area (Å²) in [6.45, 7) is 5.55. The van der Waals surface area contributed by atoms with E-state index in [2.05, 4.69) is 24.5 Å². The molecule has 0 aliphatic heterocycles. The zero-order valence-corrected chi connectivity index (χ0v) is 29.8. The van der Waals surface area contributed by atoms with Crippen molar-refractivity contribution in [2.24, 2.45) is 11.5 Å². The molecule has 6 N–H and O–H groups in total. The van der Waals surface area contributed by atoms with Crippen molar-refractivity contribution in [1.29, 1.82) is 0 Å². The molecule has 0 rings (SSSR count). The molecule has 2 amide bonds. The monoisotopic (exact) mass is 623 g/mol. The van der Waals surface area contributed by atoms with E-state index in [1.807, 2.05) is 0 Å². The topological polar surface area (TPSA) is 110 Å². The van der Waals surface area contributed by atoms with E-state index >= 15 is 0 Å². The number of hydrogen-bond donors (Lipinski definition) is 4. The van der Waals surface area contributed by atoms with E-state index in [1.54, 1.807) is 0 Å². The number of carbonyl (C=O) groups is 2. The lowest BCUT2D eigenvalue weighted by Gasteiger charge is -2.11. The second-order valence-electron chi connectivity index (χ2n) is 13.7. The average Bonchev–Trinajstić information content (AvgIpc) is 3.01. The van der Waals surface area contributed by atoms with Gasteiger partial charge < -0.3 is 22.1 Å². The van der Waals surface area contributed by atoms with E-state index in [1.165, 1.54) is 154 Å². The second kappa shape index (κ2) is 34.7. The Morgan fingerprint density at radius 2 is 0.659 bits per heavy atom. The molecule has 262 valence electrons. The summed E-state index contributed by atoms with van der Waals surface area (Å²) in [6.07, 6.45) is 36.0. The van der Waals surface area contributed by atoms with Gasteiger partial charge in [-0.1, -0.05) is 155 Å². The zero-order valence-electron chi connectivity index (χ0n) is 29.8. The summed E-state index contributed by atoms with van der Waals surface area (Å²) in [4.78, 5) is 24.1. The molecule has 0 radical (unpaired) electrons. The third-order valence-corrected chi connectivity index (χ3v) is 9.08. The number of hydrogen-bond acceptors (Lipinski definition) is 4. The van der Waals surface area contributed by atoms with Crippen LogP contribution in [0.3, 0.4) is 0 Å². The van der Waals surface area contributed by atoms with Gasteiger partial charge in [-0.2, -0.15) is 0 Å². The first-order chi connectivity index (χ1) is 21.5. The molecule has 6 heteroatoms. The van der Waals surface area contributed by atoms with Crippen LogP contribution in [-0.2, 0) is 9.59 Å². The van der Waals surface area contributed by atoms with Crippen molar-refractivity contribution in [2.45, 2.75) is 219 Å². The van der Waals surface area contributed by atoms with Gasteiger partial charge in [0.2, 0.25) is 11.8 Å². The third-order valence-electron chi connectivity index (χ3n) is 9.08. The molecule has 0 aliphatic rings. The van der Waals surface area contributed by atoms with Gasteiger partial charge in [-0.3, -0.25) is 9.59 Å². The van der Waals surface area contributed by atoms with Gasteiger partial charge in [-0.05, 0) is 38.5 Å². The highest BCUT2D eigenvalue weighted by Gasteiger charge is 2.05. The van der Waals surface area contributed by atoms with Crippen LogP contribution in [0, 0.1) is 0 Å². The van der Waals surface area contributed by atoms with E-state index in [9.17, 15) is 9.59 Å². The molecule has 2 atom stereocenters. The molecule has 0 heterocycles. The lowest BCUT2D eigenvalue weighted by Crippen LogP contribution is -2.34. The molecule has 2 unspecified atom stereocenters. The number of nitrogens with two attached hydrogens (primary N) is 2. The summed E-state index contributed by atoms with van der Waals surface area (Å²) >= 11 is 0. The molecule has 0 bridgehead atoms. The fraction of sp³-hybridized carbons (Fsp3) is 0.947. The minimum absolute atomic E-state index is 0.107. The van der Waals surface area contributed by atoms with E-state index in [-0.39, 0.29) is 11.8 Å². The minimum Gasteiger partial charge on any atom is -0.354 e. The van der Waals surface area contributed by atoms with Crippen LogP contribution in [0.25, 0.3) is 0 Å². The Morgan fingerprint density at radius 1 is 0.409 bits per heavy atom. The highest BCUT2D eigenvalue weighted by Crippen LogP contribution is 2.15. The molecule has 0 saturated heterocycles. The molecular formula is C38H78N4O2. The standard InChI is InChI=1S/C38H78N4O2/c1-3-5-7-21-27-35(39)29-23-17-13-9-11-15-19-25-31-37(43)41-33-34-42-38(44)32-26-20-16-12-10-14-18-24-30-36(40)28-22-8-6-4-2/h35-36H,3-34,39-40H2,1-2H3,(H,41,43)(H,42,44).